The molecule has 0 bridgehead atoms. The van der Waals surface area contributed by atoms with Crippen LogP contribution in [0.25, 0.3) is 0 Å². The molecule has 0 radical (unpaired) electrons. The minimum atomic E-state index is -1.39. The summed E-state index contributed by atoms with van der Waals surface area (Å²) in [5, 5.41) is 17.7. The predicted molar refractivity (Wildman–Crippen MR) is 94.4 cm³/mol. The van der Waals surface area contributed by atoms with Crippen molar-refractivity contribution in [2.75, 3.05) is 0 Å². The topological polar surface area (TPSA) is 40.5 Å². The molecular formula is C20H30O2. The van der Waals surface area contributed by atoms with Crippen molar-refractivity contribution in [3.8, 4) is 0 Å². The van der Waals surface area contributed by atoms with Gasteiger partial charge in [-0.2, -0.15) is 0 Å². The van der Waals surface area contributed by atoms with Crippen LogP contribution >= 0.6 is 0 Å². The first-order valence-electron chi connectivity index (χ1n) is 8.00. The van der Waals surface area contributed by atoms with Crippen molar-refractivity contribution in [2.24, 2.45) is 5.41 Å². The molecule has 1 rings (SSSR count). The second kappa shape index (κ2) is 8.30. The molecule has 0 fully saturated rings. The van der Waals surface area contributed by atoms with Crippen molar-refractivity contribution in [3.63, 3.8) is 0 Å². The first-order valence-corrected chi connectivity index (χ1v) is 8.00. The van der Waals surface area contributed by atoms with Gasteiger partial charge in [-0.3, -0.25) is 0 Å². The van der Waals surface area contributed by atoms with Crippen LogP contribution in [0.4, 0.5) is 0 Å². The summed E-state index contributed by atoms with van der Waals surface area (Å²) < 4.78 is 0. The van der Waals surface area contributed by atoms with Crippen LogP contribution in [0, 0.1) is 5.41 Å². The maximum absolute atomic E-state index is 8.85. The van der Waals surface area contributed by atoms with E-state index in [4.69, 9.17) is 10.2 Å². The molecule has 0 spiro atoms. The minimum absolute atomic E-state index is 0.269. The van der Waals surface area contributed by atoms with E-state index in [1.165, 1.54) is 42.1 Å². The normalized spacial score (nSPS) is 20.7. The maximum atomic E-state index is 8.85. The molecule has 0 amide bonds. The third kappa shape index (κ3) is 6.17. The van der Waals surface area contributed by atoms with Gasteiger partial charge in [-0.05, 0) is 57.1 Å². The average Bonchev–Trinajstić information content (AvgIpc) is 2.36. The van der Waals surface area contributed by atoms with Gasteiger partial charge >= 0.3 is 0 Å². The fraction of sp³-hybridized carbons (Fsp3) is 0.500. The Kier molecular flexibility index (Phi) is 7.05. The van der Waals surface area contributed by atoms with Crippen LogP contribution in [-0.4, -0.2) is 16.5 Å². The van der Waals surface area contributed by atoms with Crippen LogP contribution in [0.15, 0.2) is 58.7 Å². The molecule has 0 atom stereocenters. The summed E-state index contributed by atoms with van der Waals surface area (Å²) >= 11 is 0. The molecule has 0 aromatic carbocycles. The fourth-order valence-electron chi connectivity index (χ4n) is 2.92. The quantitative estimate of drug-likeness (QED) is 0.564. The van der Waals surface area contributed by atoms with E-state index in [9.17, 15) is 0 Å². The molecule has 0 aromatic heterocycles. The Morgan fingerprint density at radius 3 is 2.41 bits per heavy atom. The van der Waals surface area contributed by atoms with Gasteiger partial charge in [0.1, 0.15) is 0 Å². The molecule has 1 aliphatic carbocycles. The number of allylic oxidation sites excluding steroid dienone is 9. The van der Waals surface area contributed by atoms with E-state index in [2.05, 4.69) is 39.8 Å². The van der Waals surface area contributed by atoms with Crippen LogP contribution in [0.1, 0.15) is 53.9 Å². The molecule has 1 aliphatic rings. The number of hydrogen-bond acceptors (Lipinski definition) is 2. The lowest BCUT2D eigenvalue weighted by Gasteiger charge is -2.32. The van der Waals surface area contributed by atoms with Gasteiger partial charge in [-0.25, -0.2) is 0 Å². The monoisotopic (exact) mass is 302 g/mol. The summed E-state index contributed by atoms with van der Waals surface area (Å²) in [5.41, 5.74) is 5.25. The van der Waals surface area contributed by atoms with Gasteiger partial charge in [0.25, 0.3) is 0 Å². The second-order valence-electron chi connectivity index (χ2n) is 6.86. The predicted octanol–water partition coefficient (Wildman–Crippen LogP) is 4.83. The fourth-order valence-corrected chi connectivity index (χ4v) is 2.92. The Hall–Kier alpha value is -1.38. The van der Waals surface area contributed by atoms with Gasteiger partial charge in [-0.15, -0.1) is 0 Å². The van der Waals surface area contributed by atoms with Gasteiger partial charge in [0, 0.05) is 0 Å². The Labute approximate surface area is 135 Å². The highest BCUT2D eigenvalue weighted by molar-refractivity contribution is 5.37. The average molecular weight is 302 g/mol. The van der Waals surface area contributed by atoms with Crippen LogP contribution in [-0.2, 0) is 0 Å². The van der Waals surface area contributed by atoms with Crippen molar-refractivity contribution in [2.45, 2.75) is 60.2 Å². The molecule has 0 aliphatic heterocycles. The van der Waals surface area contributed by atoms with Gasteiger partial charge < -0.3 is 10.2 Å². The largest absolute Gasteiger partial charge is 0.365 e. The Bertz CT molecular complexity index is 526. The van der Waals surface area contributed by atoms with E-state index < -0.39 is 6.29 Å². The SMILES string of the molecule is CC1=C(/C=C/C(C)=C/C=C/C(C)=C/C(O)O)C(C)(C)CCC1. The van der Waals surface area contributed by atoms with Crippen LogP contribution in [0.5, 0.6) is 0 Å². The molecule has 0 saturated carbocycles. The third-order valence-corrected chi connectivity index (χ3v) is 4.19. The lowest BCUT2D eigenvalue weighted by molar-refractivity contribution is 0.00192. The van der Waals surface area contributed by atoms with Crippen molar-refractivity contribution in [1.82, 2.24) is 0 Å². The lowest BCUT2D eigenvalue weighted by atomic mass is 9.72. The highest BCUT2D eigenvalue weighted by Crippen LogP contribution is 2.40. The van der Waals surface area contributed by atoms with Crippen molar-refractivity contribution >= 4 is 0 Å². The molecule has 122 valence electrons. The Morgan fingerprint density at radius 2 is 1.82 bits per heavy atom. The summed E-state index contributed by atoms with van der Waals surface area (Å²) in [7, 11) is 0. The smallest absolute Gasteiger partial charge is 0.171 e. The zero-order valence-electron chi connectivity index (χ0n) is 14.6. The Balaban J connectivity index is 2.77. The number of rotatable bonds is 5. The molecule has 2 N–H and O–H groups in total. The standard InChI is InChI=1S/C20H30O2/c1-15(8-6-9-16(2)14-19(21)22)11-12-18-17(3)10-7-13-20(18,4)5/h6,8-9,11-12,14,19,21-22H,7,10,13H2,1-5H3/b9-6+,12-11+,15-8+,16-14+. The zero-order chi connectivity index (χ0) is 16.8. The van der Waals surface area contributed by atoms with Crippen LogP contribution in [0.2, 0.25) is 0 Å². The first-order chi connectivity index (χ1) is 10.2. The lowest BCUT2D eigenvalue weighted by Crippen LogP contribution is -2.19. The molecule has 2 heteroatoms. The van der Waals surface area contributed by atoms with E-state index in [0.717, 1.165) is 5.57 Å². The number of hydrogen-bond donors (Lipinski definition) is 2. The second-order valence-corrected chi connectivity index (χ2v) is 6.86. The van der Waals surface area contributed by atoms with Gasteiger partial charge in [0.05, 0.1) is 0 Å². The van der Waals surface area contributed by atoms with E-state index in [0.29, 0.717) is 0 Å². The van der Waals surface area contributed by atoms with Crippen LogP contribution in [0.3, 0.4) is 0 Å². The summed E-state index contributed by atoms with van der Waals surface area (Å²) in [6.45, 7) is 10.8. The first kappa shape index (κ1) is 18.7. The van der Waals surface area contributed by atoms with E-state index >= 15 is 0 Å². The van der Waals surface area contributed by atoms with E-state index in [-0.39, 0.29) is 5.41 Å². The third-order valence-electron chi connectivity index (χ3n) is 4.19. The summed E-state index contributed by atoms with van der Waals surface area (Å²) in [5.74, 6) is 0. The van der Waals surface area contributed by atoms with Gasteiger partial charge in [0.2, 0.25) is 0 Å². The molecule has 0 saturated heterocycles. The zero-order valence-corrected chi connectivity index (χ0v) is 14.6. The molecule has 0 aromatic rings. The molecule has 22 heavy (non-hydrogen) atoms. The number of aliphatic hydroxyl groups excluding tert-OH is 1. The maximum Gasteiger partial charge on any atom is 0.171 e. The van der Waals surface area contributed by atoms with Gasteiger partial charge in [0.15, 0.2) is 6.29 Å². The van der Waals surface area contributed by atoms with Crippen molar-refractivity contribution in [3.05, 3.63) is 58.7 Å². The van der Waals surface area contributed by atoms with E-state index in [1.807, 2.05) is 25.2 Å². The van der Waals surface area contributed by atoms with Gasteiger partial charge in [-0.1, -0.05) is 60.9 Å². The molecular weight excluding hydrogens is 272 g/mol. The summed E-state index contributed by atoms with van der Waals surface area (Å²) in [4.78, 5) is 0. The minimum Gasteiger partial charge on any atom is -0.365 e. The Morgan fingerprint density at radius 1 is 1.14 bits per heavy atom. The van der Waals surface area contributed by atoms with Crippen molar-refractivity contribution in [1.29, 1.82) is 0 Å². The van der Waals surface area contributed by atoms with E-state index in [1.54, 1.807) is 0 Å². The molecule has 2 nitrogen and oxygen atoms in total. The summed E-state index contributed by atoms with van der Waals surface area (Å²) in [6.07, 6.45) is 14.0. The molecule has 0 heterocycles. The highest BCUT2D eigenvalue weighted by atomic mass is 16.5. The number of aliphatic hydroxyl groups is 2. The summed E-state index contributed by atoms with van der Waals surface area (Å²) in [6, 6.07) is 0. The van der Waals surface area contributed by atoms with Crippen molar-refractivity contribution < 1.29 is 10.2 Å². The van der Waals surface area contributed by atoms with Crippen LogP contribution < -0.4 is 0 Å². The molecule has 0 unspecified atom stereocenters. The highest BCUT2D eigenvalue weighted by Gasteiger charge is 2.26.